The molecular weight excluding hydrogens is 783 g/mol. The van der Waals surface area contributed by atoms with Crippen LogP contribution < -0.4 is 0 Å². The van der Waals surface area contributed by atoms with Crippen molar-refractivity contribution in [3.8, 4) is 0 Å². The highest BCUT2D eigenvalue weighted by molar-refractivity contribution is 5.95. The highest BCUT2D eigenvalue weighted by atomic mass is 19.1. The lowest BCUT2D eigenvalue weighted by Gasteiger charge is -2.39. The van der Waals surface area contributed by atoms with Crippen LogP contribution in [-0.4, -0.2) is 115 Å². The van der Waals surface area contributed by atoms with Crippen LogP contribution in [0.1, 0.15) is 97.1 Å². The van der Waals surface area contributed by atoms with Crippen molar-refractivity contribution in [1.82, 2.24) is 38.7 Å². The Labute approximate surface area is 364 Å². The SMILES string of the molecule is CC(C)N1CCC(N(C)C(=O)c2ccc(Cn3cnc4cccc(F)c43)cc2)CC1.CN(C(=O)c1ccc(Cn2cnc3cccc(F)c32)cc1)C1CCN(C2CCCC2)CC1. The molecule has 2 aliphatic heterocycles. The number of amides is 2. The van der Waals surface area contributed by atoms with Crippen LogP contribution >= 0.6 is 0 Å². The number of aromatic nitrogens is 4. The number of benzene rings is 4. The minimum atomic E-state index is -0.276. The van der Waals surface area contributed by atoms with Crippen LogP contribution in [0.2, 0.25) is 0 Å². The molecule has 1 aliphatic carbocycles. The maximum atomic E-state index is 14.2. The Kier molecular flexibility index (Phi) is 13.4. The van der Waals surface area contributed by atoms with E-state index in [0.717, 1.165) is 69.0 Å². The molecule has 2 saturated heterocycles. The number of carbonyl (C=O) groups excluding carboxylic acids is 2. The second-order valence-corrected chi connectivity index (χ2v) is 17.8. The normalized spacial score (nSPS) is 17.1. The van der Waals surface area contributed by atoms with Gasteiger partial charge in [-0.3, -0.25) is 9.59 Å². The molecule has 0 atom stereocenters. The summed E-state index contributed by atoms with van der Waals surface area (Å²) in [4.78, 5) is 43.5. The van der Waals surface area contributed by atoms with Crippen LogP contribution in [0.3, 0.4) is 0 Å². The first kappa shape index (κ1) is 43.2. The first-order valence-corrected chi connectivity index (χ1v) is 22.4. The number of hydrogen-bond acceptors (Lipinski definition) is 6. The summed E-state index contributed by atoms with van der Waals surface area (Å²) < 4.78 is 32.0. The highest BCUT2D eigenvalue weighted by Gasteiger charge is 2.31. The molecule has 6 aromatic rings. The third-order valence-electron chi connectivity index (χ3n) is 13.6. The van der Waals surface area contributed by atoms with E-state index in [9.17, 15) is 18.4 Å². The first-order chi connectivity index (χ1) is 30.0. The molecule has 0 spiro atoms. The fraction of sp³-hybridized carbons (Fsp3) is 0.440. The monoisotopic (exact) mass is 842 g/mol. The molecular formula is C50H60F2N8O2. The van der Waals surface area contributed by atoms with E-state index >= 15 is 0 Å². The number of likely N-dealkylation sites (tertiary alicyclic amines) is 2. The second kappa shape index (κ2) is 19.3. The van der Waals surface area contributed by atoms with Gasteiger partial charge in [0.15, 0.2) is 0 Å². The van der Waals surface area contributed by atoms with Crippen molar-refractivity contribution in [1.29, 1.82) is 0 Å². The van der Waals surface area contributed by atoms with Crippen molar-refractivity contribution < 1.29 is 18.4 Å². The summed E-state index contributed by atoms with van der Waals surface area (Å²) in [7, 11) is 3.85. The minimum absolute atomic E-state index is 0.0590. The van der Waals surface area contributed by atoms with Crippen LogP contribution in [0.15, 0.2) is 97.6 Å². The van der Waals surface area contributed by atoms with Crippen molar-refractivity contribution >= 4 is 33.9 Å². The number of nitrogens with zero attached hydrogens (tertiary/aromatic N) is 8. The third-order valence-corrected chi connectivity index (χ3v) is 13.6. The molecule has 9 rings (SSSR count). The number of piperidine rings is 2. The van der Waals surface area contributed by atoms with Crippen molar-refractivity contribution in [2.24, 2.45) is 0 Å². The van der Waals surface area contributed by atoms with E-state index in [1.807, 2.05) is 83.1 Å². The summed E-state index contributed by atoms with van der Waals surface area (Å²) in [5, 5.41) is 0. The lowest BCUT2D eigenvalue weighted by atomic mass is 10.00. The Bertz CT molecular complexity index is 2440. The fourth-order valence-electron chi connectivity index (χ4n) is 9.74. The van der Waals surface area contributed by atoms with Crippen LogP contribution in [0.25, 0.3) is 22.1 Å². The van der Waals surface area contributed by atoms with Gasteiger partial charge < -0.3 is 28.7 Å². The number of fused-ring (bicyclic) bond motifs is 2. The molecule has 2 aromatic heterocycles. The number of imidazole rings is 2. The van der Waals surface area contributed by atoms with Gasteiger partial charge >= 0.3 is 0 Å². The van der Waals surface area contributed by atoms with E-state index in [1.54, 1.807) is 35.4 Å². The zero-order chi connectivity index (χ0) is 43.3. The highest BCUT2D eigenvalue weighted by Crippen LogP contribution is 2.28. The van der Waals surface area contributed by atoms with E-state index in [4.69, 9.17) is 0 Å². The lowest BCUT2D eigenvalue weighted by Crippen LogP contribution is -2.48. The second-order valence-electron chi connectivity index (χ2n) is 17.8. The van der Waals surface area contributed by atoms with Gasteiger partial charge in [0, 0.05) is 88.7 Å². The summed E-state index contributed by atoms with van der Waals surface area (Å²) in [5.74, 6) is -0.409. The van der Waals surface area contributed by atoms with Crippen molar-refractivity contribution in [3.63, 3.8) is 0 Å². The quantitative estimate of drug-likeness (QED) is 0.137. The van der Waals surface area contributed by atoms with Gasteiger partial charge in [0.1, 0.15) is 22.7 Å². The Morgan fingerprint density at radius 1 is 0.613 bits per heavy atom. The zero-order valence-electron chi connectivity index (χ0n) is 36.6. The van der Waals surface area contributed by atoms with Crippen LogP contribution in [0.4, 0.5) is 8.78 Å². The summed E-state index contributed by atoms with van der Waals surface area (Å²) >= 11 is 0. The molecule has 0 radical (unpaired) electrons. The standard InChI is InChI=1S/C26H31FN4O.C24H29FN4O/c1-29(21-13-15-30(16-14-21)22-5-2-3-6-22)26(32)20-11-9-19(10-12-20)17-31-18-28-24-8-4-7-23(27)25(24)31;1-17(2)28-13-11-20(12-14-28)27(3)24(30)19-9-7-18(8-10-19)15-29-16-26-22-6-4-5-21(25)23(22)29/h4,7-12,18,21-22H,2-3,5-6,13-17H2,1H3;4-10,16-17,20H,11-15H2,1-3H3. The van der Waals surface area contributed by atoms with Crippen molar-refractivity contribution in [2.45, 2.75) is 102 Å². The summed E-state index contributed by atoms with van der Waals surface area (Å²) in [6, 6.07) is 27.1. The maximum absolute atomic E-state index is 14.2. The number of carbonyl (C=O) groups is 2. The molecule has 0 N–H and O–H groups in total. The Morgan fingerprint density at radius 2 is 1.03 bits per heavy atom. The zero-order valence-corrected chi connectivity index (χ0v) is 36.6. The van der Waals surface area contributed by atoms with Gasteiger partial charge in [-0.15, -0.1) is 0 Å². The molecule has 4 aromatic carbocycles. The Hall–Kier alpha value is -5.46. The van der Waals surface area contributed by atoms with E-state index < -0.39 is 0 Å². The van der Waals surface area contributed by atoms with Gasteiger partial charge in [-0.25, -0.2) is 18.7 Å². The fourth-order valence-corrected chi connectivity index (χ4v) is 9.74. The van der Waals surface area contributed by atoms with Gasteiger partial charge in [-0.1, -0.05) is 49.2 Å². The van der Waals surface area contributed by atoms with Crippen LogP contribution in [0.5, 0.6) is 0 Å². The topological polar surface area (TPSA) is 82.7 Å². The summed E-state index contributed by atoms with van der Waals surface area (Å²) in [6.45, 7) is 9.73. The molecule has 4 heterocycles. The minimum Gasteiger partial charge on any atom is -0.339 e. The molecule has 12 heteroatoms. The van der Waals surface area contributed by atoms with Gasteiger partial charge in [0.25, 0.3) is 11.8 Å². The third kappa shape index (κ3) is 9.61. The molecule has 1 saturated carbocycles. The smallest absolute Gasteiger partial charge is 0.253 e. The Morgan fingerprint density at radius 3 is 1.45 bits per heavy atom. The van der Waals surface area contributed by atoms with Gasteiger partial charge in [-0.2, -0.15) is 0 Å². The van der Waals surface area contributed by atoms with E-state index in [1.165, 1.54) is 37.8 Å². The van der Waals surface area contributed by atoms with Crippen molar-refractivity contribution in [3.05, 3.63) is 131 Å². The average molecular weight is 843 g/mol. The summed E-state index contributed by atoms with van der Waals surface area (Å²) in [5.41, 5.74) is 5.72. The molecule has 0 unspecified atom stereocenters. The number of halogens is 2. The van der Waals surface area contributed by atoms with Gasteiger partial charge in [-0.05, 0) is 112 Å². The summed E-state index contributed by atoms with van der Waals surface area (Å²) in [6.07, 6.45) is 12.9. The van der Waals surface area contributed by atoms with Gasteiger partial charge in [0.2, 0.25) is 0 Å². The molecule has 0 bridgehead atoms. The molecule has 326 valence electrons. The largest absolute Gasteiger partial charge is 0.339 e. The van der Waals surface area contributed by atoms with E-state index in [-0.39, 0.29) is 29.5 Å². The predicted molar refractivity (Wildman–Crippen MR) is 241 cm³/mol. The van der Waals surface area contributed by atoms with Crippen LogP contribution in [-0.2, 0) is 13.1 Å². The molecule has 62 heavy (non-hydrogen) atoms. The van der Waals surface area contributed by atoms with Crippen molar-refractivity contribution in [2.75, 3.05) is 40.3 Å². The lowest BCUT2D eigenvalue weighted by molar-refractivity contribution is 0.0596. The molecule has 3 fully saturated rings. The number of rotatable bonds is 10. The predicted octanol–water partition coefficient (Wildman–Crippen LogP) is 8.87. The van der Waals surface area contributed by atoms with E-state index in [2.05, 4.69) is 33.6 Å². The number of para-hydroxylation sites is 2. The maximum Gasteiger partial charge on any atom is 0.253 e. The Balaban J connectivity index is 0.000000171. The van der Waals surface area contributed by atoms with Crippen LogP contribution in [0, 0.1) is 11.6 Å². The molecule has 2 amide bonds. The molecule has 10 nitrogen and oxygen atoms in total. The van der Waals surface area contributed by atoms with E-state index in [0.29, 0.717) is 58.4 Å². The number of hydrogen-bond donors (Lipinski definition) is 0. The average Bonchev–Trinajstić information content (AvgIpc) is 4.09. The van der Waals surface area contributed by atoms with Gasteiger partial charge in [0.05, 0.1) is 23.7 Å². The molecule has 3 aliphatic rings. The first-order valence-electron chi connectivity index (χ1n) is 22.4.